The molecule has 1 aliphatic heterocycles. The Morgan fingerprint density at radius 1 is 1.56 bits per heavy atom. The Bertz CT molecular complexity index is 473. The van der Waals surface area contributed by atoms with Gasteiger partial charge in [-0.25, -0.2) is 4.98 Å². The second-order valence-corrected chi connectivity index (χ2v) is 4.87. The molecule has 0 bridgehead atoms. The molecule has 0 spiro atoms. The Morgan fingerprint density at radius 3 is 3.00 bits per heavy atom. The average molecular weight is 269 g/mol. The second kappa shape index (κ2) is 5.21. The Balaban J connectivity index is 2.14. The van der Waals surface area contributed by atoms with Crippen LogP contribution in [0.25, 0.3) is 0 Å². The van der Waals surface area contributed by atoms with E-state index in [0.717, 1.165) is 0 Å². The smallest absolute Gasteiger partial charge is 0.267 e. The summed E-state index contributed by atoms with van der Waals surface area (Å²) < 4.78 is 0. The van der Waals surface area contributed by atoms with Crippen LogP contribution in [0.15, 0.2) is 0 Å². The van der Waals surface area contributed by atoms with Crippen molar-refractivity contribution in [1.82, 2.24) is 15.2 Å². The molecule has 0 aliphatic carbocycles. The molecule has 1 aromatic heterocycles. The third-order valence-corrected chi connectivity index (χ3v) is 3.74. The van der Waals surface area contributed by atoms with Crippen LogP contribution >= 0.6 is 11.3 Å². The van der Waals surface area contributed by atoms with Crippen LogP contribution in [-0.2, 0) is 4.79 Å². The predicted octanol–water partition coefficient (Wildman–Crippen LogP) is -0.271. The van der Waals surface area contributed by atoms with Crippen molar-refractivity contribution in [3.63, 3.8) is 0 Å². The van der Waals surface area contributed by atoms with E-state index in [-0.39, 0.29) is 17.6 Å². The zero-order valence-corrected chi connectivity index (χ0v) is 10.8. The summed E-state index contributed by atoms with van der Waals surface area (Å²) >= 11 is 1.23. The molecule has 1 aromatic rings. The van der Waals surface area contributed by atoms with Crippen LogP contribution in [0.1, 0.15) is 16.1 Å². The summed E-state index contributed by atoms with van der Waals surface area (Å²) in [5, 5.41) is 6.19. The van der Waals surface area contributed by atoms with Gasteiger partial charge in [-0.15, -0.1) is 0 Å². The van der Waals surface area contributed by atoms with Gasteiger partial charge in [0, 0.05) is 33.1 Å². The molecule has 2 amide bonds. The first-order valence-electron chi connectivity index (χ1n) is 5.62. The Morgan fingerprint density at radius 2 is 2.33 bits per heavy atom. The van der Waals surface area contributed by atoms with Crippen molar-refractivity contribution in [3.8, 4) is 0 Å². The van der Waals surface area contributed by atoms with Gasteiger partial charge in [0.15, 0.2) is 5.13 Å². The molecule has 0 unspecified atom stereocenters. The Kier molecular flexibility index (Phi) is 3.66. The molecule has 0 saturated carbocycles. The molecule has 2 heterocycles. The number of anilines is 2. The van der Waals surface area contributed by atoms with Gasteiger partial charge >= 0.3 is 0 Å². The van der Waals surface area contributed by atoms with Gasteiger partial charge in [0.2, 0.25) is 5.91 Å². The van der Waals surface area contributed by atoms with E-state index in [4.69, 9.17) is 5.73 Å². The monoisotopic (exact) mass is 269 g/mol. The normalized spacial score (nSPS) is 16.1. The van der Waals surface area contributed by atoms with Crippen LogP contribution in [-0.4, -0.2) is 48.4 Å². The number of carbonyl (C=O) groups is 2. The molecule has 7 nitrogen and oxygen atoms in total. The van der Waals surface area contributed by atoms with Crippen LogP contribution < -0.4 is 16.4 Å². The third-order valence-electron chi connectivity index (χ3n) is 2.66. The van der Waals surface area contributed by atoms with Gasteiger partial charge in [-0.05, 0) is 0 Å². The van der Waals surface area contributed by atoms with Crippen LogP contribution in [0.5, 0.6) is 0 Å². The van der Waals surface area contributed by atoms with Crippen LogP contribution in [0.3, 0.4) is 0 Å². The lowest BCUT2D eigenvalue weighted by Crippen LogP contribution is -2.34. The number of amides is 2. The molecule has 4 N–H and O–H groups in total. The van der Waals surface area contributed by atoms with E-state index in [1.165, 1.54) is 11.3 Å². The fourth-order valence-corrected chi connectivity index (χ4v) is 2.51. The van der Waals surface area contributed by atoms with Gasteiger partial charge in [-0.2, -0.15) is 0 Å². The van der Waals surface area contributed by atoms with E-state index < -0.39 is 0 Å². The zero-order chi connectivity index (χ0) is 13.1. The molecule has 1 fully saturated rings. The maximum Gasteiger partial charge on any atom is 0.267 e. The number of hydrogen-bond acceptors (Lipinski definition) is 6. The standard InChI is InChI=1S/C10H15N5O2S/c1-12-10-14-8(11)7(18-10)9(17)15-4-2-6(16)13-3-5-15/h2-5,11H2,1H3,(H,12,14)(H,13,16). The summed E-state index contributed by atoms with van der Waals surface area (Å²) in [6.45, 7) is 1.38. The first kappa shape index (κ1) is 12.6. The zero-order valence-electron chi connectivity index (χ0n) is 10.0. The van der Waals surface area contributed by atoms with Gasteiger partial charge < -0.3 is 21.3 Å². The first-order chi connectivity index (χ1) is 8.61. The highest BCUT2D eigenvalue weighted by atomic mass is 32.1. The molecule has 8 heteroatoms. The number of carbonyl (C=O) groups excluding carboxylic acids is 2. The Hall–Kier alpha value is -1.83. The lowest BCUT2D eigenvalue weighted by Gasteiger charge is -2.18. The number of nitrogens with one attached hydrogen (secondary N) is 2. The highest BCUT2D eigenvalue weighted by molar-refractivity contribution is 7.18. The topological polar surface area (TPSA) is 100 Å². The van der Waals surface area contributed by atoms with Gasteiger partial charge in [0.05, 0.1) is 0 Å². The third kappa shape index (κ3) is 2.53. The van der Waals surface area contributed by atoms with Crippen molar-refractivity contribution in [2.45, 2.75) is 6.42 Å². The van der Waals surface area contributed by atoms with E-state index in [1.54, 1.807) is 11.9 Å². The predicted molar refractivity (Wildman–Crippen MR) is 69.6 cm³/mol. The molecule has 98 valence electrons. The molecular formula is C10H15N5O2S. The molecule has 2 rings (SSSR count). The summed E-state index contributed by atoms with van der Waals surface area (Å²) in [6.07, 6.45) is 0.323. The highest BCUT2D eigenvalue weighted by Gasteiger charge is 2.24. The highest BCUT2D eigenvalue weighted by Crippen LogP contribution is 2.26. The first-order valence-corrected chi connectivity index (χ1v) is 6.43. The van der Waals surface area contributed by atoms with E-state index >= 15 is 0 Å². The number of thiazole rings is 1. The summed E-state index contributed by atoms with van der Waals surface area (Å²) in [5.74, 6) is 0.0411. The van der Waals surface area contributed by atoms with Crippen molar-refractivity contribution in [2.75, 3.05) is 37.7 Å². The fourth-order valence-electron chi connectivity index (χ4n) is 1.71. The largest absolute Gasteiger partial charge is 0.382 e. The molecule has 1 aliphatic rings. The minimum Gasteiger partial charge on any atom is -0.382 e. The lowest BCUT2D eigenvalue weighted by molar-refractivity contribution is -0.120. The van der Waals surface area contributed by atoms with Crippen molar-refractivity contribution in [2.24, 2.45) is 0 Å². The lowest BCUT2D eigenvalue weighted by atomic mass is 10.3. The summed E-state index contributed by atoms with van der Waals surface area (Å²) in [7, 11) is 1.72. The summed E-state index contributed by atoms with van der Waals surface area (Å²) in [5.41, 5.74) is 5.72. The van der Waals surface area contributed by atoms with Crippen molar-refractivity contribution < 1.29 is 9.59 Å². The second-order valence-electron chi connectivity index (χ2n) is 3.88. The van der Waals surface area contributed by atoms with Gasteiger partial charge in [-0.3, -0.25) is 9.59 Å². The van der Waals surface area contributed by atoms with Crippen LogP contribution in [0, 0.1) is 0 Å². The van der Waals surface area contributed by atoms with Crippen molar-refractivity contribution in [3.05, 3.63) is 4.88 Å². The van der Waals surface area contributed by atoms with E-state index in [0.29, 0.717) is 36.1 Å². The fraction of sp³-hybridized carbons (Fsp3) is 0.500. The maximum absolute atomic E-state index is 12.3. The number of nitrogens with zero attached hydrogens (tertiary/aromatic N) is 2. The van der Waals surface area contributed by atoms with Gasteiger partial charge in [0.25, 0.3) is 5.91 Å². The van der Waals surface area contributed by atoms with Gasteiger partial charge in [0.1, 0.15) is 10.7 Å². The number of rotatable bonds is 2. The molecule has 0 aromatic carbocycles. The average Bonchev–Trinajstić information content (AvgIpc) is 2.59. The summed E-state index contributed by atoms with van der Waals surface area (Å²) in [4.78, 5) is 29.6. The van der Waals surface area contributed by atoms with Gasteiger partial charge in [-0.1, -0.05) is 11.3 Å². The maximum atomic E-state index is 12.3. The SMILES string of the molecule is CNc1nc(N)c(C(=O)N2CCNC(=O)CC2)s1. The quantitative estimate of drug-likeness (QED) is 0.686. The minimum atomic E-state index is -0.164. The number of aromatic nitrogens is 1. The minimum absolute atomic E-state index is 0.0292. The van der Waals surface area contributed by atoms with E-state index in [9.17, 15) is 9.59 Å². The van der Waals surface area contributed by atoms with Crippen molar-refractivity contribution >= 4 is 34.1 Å². The molecule has 0 atom stereocenters. The Labute approximate surface area is 108 Å². The van der Waals surface area contributed by atoms with E-state index in [2.05, 4.69) is 15.6 Å². The number of nitrogens with two attached hydrogens (primary N) is 1. The van der Waals surface area contributed by atoms with Crippen molar-refractivity contribution in [1.29, 1.82) is 0 Å². The number of hydrogen-bond donors (Lipinski definition) is 3. The molecule has 18 heavy (non-hydrogen) atoms. The summed E-state index contributed by atoms with van der Waals surface area (Å²) in [6, 6.07) is 0. The number of nitrogen functional groups attached to an aromatic ring is 1. The molecule has 1 saturated heterocycles. The van der Waals surface area contributed by atoms with Crippen LogP contribution in [0.4, 0.5) is 10.9 Å². The van der Waals surface area contributed by atoms with E-state index in [1.807, 2.05) is 0 Å². The molecule has 0 radical (unpaired) electrons. The van der Waals surface area contributed by atoms with Crippen LogP contribution in [0.2, 0.25) is 0 Å². The molecular weight excluding hydrogens is 254 g/mol.